The third-order valence-electron chi connectivity index (χ3n) is 4.12. The van der Waals surface area contributed by atoms with E-state index in [0.29, 0.717) is 11.6 Å². The number of imidazole rings is 1. The fourth-order valence-corrected chi connectivity index (χ4v) is 2.83. The second kappa shape index (κ2) is 7.67. The molecule has 0 saturated heterocycles. The van der Waals surface area contributed by atoms with E-state index in [1.165, 1.54) is 12.1 Å². The summed E-state index contributed by atoms with van der Waals surface area (Å²) in [6.07, 6.45) is 7.10. The van der Waals surface area contributed by atoms with E-state index in [1.54, 1.807) is 30.9 Å². The van der Waals surface area contributed by atoms with Crippen LogP contribution in [0.5, 0.6) is 0 Å². The Kier molecular flexibility index (Phi) is 4.75. The first kappa shape index (κ1) is 17.3. The molecular formula is C20H16N6O2. The van der Waals surface area contributed by atoms with Gasteiger partial charge in [-0.1, -0.05) is 24.3 Å². The summed E-state index contributed by atoms with van der Waals surface area (Å²) < 4.78 is 1.99. The number of rotatable bonds is 6. The van der Waals surface area contributed by atoms with Crippen LogP contribution in [0, 0.1) is 10.1 Å². The third kappa shape index (κ3) is 4.01. The second-order valence-electron chi connectivity index (χ2n) is 6.13. The van der Waals surface area contributed by atoms with Gasteiger partial charge in [-0.05, 0) is 23.8 Å². The minimum absolute atomic E-state index is 0.00774. The van der Waals surface area contributed by atoms with Gasteiger partial charge in [-0.25, -0.2) is 15.0 Å². The molecule has 0 saturated carbocycles. The lowest BCUT2D eigenvalue weighted by Crippen LogP contribution is -1.99. The highest BCUT2D eigenvalue weighted by Crippen LogP contribution is 2.23. The summed E-state index contributed by atoms with van der Waals surface area (Å²) in [5.41, 5.74) is 3.41. The Morgan fingerprint density at radius 1 is 1.07 bits per heavy atom. The van der Waals surface area contributed by atoms with E-state index in [2.05, 4.69) is 26.3 Å². The SMILES string of the molecule is O=[N+]([O-])c1cccc(Nc2nccc(-c3cccc(Cn4ccnc4)c3)n2)c1. The second-order valence-corrected chi connectivity index (χ2v) is 6.13. The van der Waals surface area contributed by atoms with Gasteiger partial charge in [-0.2, -0.15) is 0 Å². The Morgan fingerprint density at radius 2 is 1.96 bits per heavy atom. The number of non-ortho nitro benzene ring substituents is 1. The number of nitrogens with zero attached hydrogens (tertiary/aromatic N) is 5. The zero-order valence-corrected chi connectivity index (χ0v) is 14.8. The van der Waals surface area contributed by atoms with E-state index in [9.17, 15) is 10.1 Å². The Balaban J connectivity index is 1.57. The standard InChI is InChI=1S/C20H16N6O2/c27-26(28)18-6-2-5-17(12-18)23-20-22-8-7-19(24-20)16-4-1-3-15(11-16)13-25-10-9-21-14-25/h1-12,14H,13H2,(H,22,23,24). The predicted molar refractivity (Wildman–Crippen MR) is 105 cm³/mol. The summed E-state index contributed by atoms with van der Waals surface area (Å²) >= 11 is 0. The maximum atomic E-state index is 10.9. The molecule has 8 nitrogen and oxygen atoms in total. The van der Waals surface area contributed by atoms with E-state index < -0.39 is 4.92 Å². The fraction of sp³-hybridized carbons (Fsp3) is 0.0500. The van der Waals surface area contributed by atoms with E-state index in [4.69, 9.17) is 0 Å². The average Bonchev–Trinajstić information content (AvgIpc) is 3.22. The van der Waals surface area contributed by atoms with Crippen molar-refractivity contribution in [3.63, 3.8) is 0 Å². The normalized spacial score (nSPS) is 10.6. The molecular weight excluding hydrogens is 356 g/mol. The molecule has 4 rings (SSSR count). The van der Waals surface area contributed by atoms with E-state index in [0.717, 1.165) is 23.4 Å². The Labute approximate surface area is 160 Å². The molecule has 2 aromatic heterocycles. The number of benzene rings is 2. The predicted octanol–water partition coefficient (Wildman–Crippen LogP) is 4.04. The molecule has 8 heteroatoms. The highest BCUT2D eigenvalue weighted by molar-refractivity contribution is 5.63. The Morgan fingerprint density at radius 3 is 2.79 bits per heavy atom. The molecule has 28 heavy (non-hydrogen) atoms. The van der Waals surface area contributed by atoms with Gasteiger partial charge in [-0.15, -0.1) is 0 Å². The third-order valence-corrected chi connectivity index (χ3v) is 4.12. The average molecular weight is 372 g/mol. The summed E-state index contributed by atoms with van der Waals surface area (Å²) in [6.45, 7) is 0.720. The van der Waals surface area contributed by atoms with Crippen LogP contribution in [0.15, 0.2) is 79.5 Å². The van der Waals surface area contributed by atoms with Crippen molar-refractivity contribution in [1.82, 2.24) is 19.5 Å². The van der Waals surface area contributed by atoms with Gasteiger partial charge < -0.3 is 9.88 Å². The Hall–Kier alpha value is -4.07. The molecule has 2 aromatic carbocycles. The van der Waals surface area contributed by atoms with Gasteiger partial charge in [0.1, 0.15) is 0 Å². The van der Waals surface area contributed by atoms with Crippen LogP contribution in [0.1, 0.15) is 5.56 Å². The largest absolute Gasteiger partial charge is 0.333 e. The van der Waals surface area contributed by atoms with E-state index in [1.807, 2.05) is 35.0 Å². The summed E-state index contributed by atoms with van der Waals surface area (Å²) in [7, 11) is 0. The molecule has 0 bridgehead atoms. The van der Waals surface area contributed by atoms with Crippen LogP contribution < -0.4 is 5.32 Å². The minimum Gasteiger partial charge on any atom is -0.333 e. The van der Waals surface area contributed by atoms with E-state index >= 15 is 0 Å². The number of nitro groups is 1. The first-order chi connectivity index (χ1) is 13.7. The van der Waals surface area contributed by atoms with Crippen LogP contribution >= 0.6 is 0 Å². The fourth-order valence-electron chi connectivity index (χ4n) is 2.83. The van der Waals surface area contributed by atoms with Gasteiger partial charge in [0.05, 0.1) is 16.9 Å². The molecule has 0 aliphatic carbocycles. The van der Waals surface area contributed by atoms with Crippen molar-refractivity contribution in [2.45, 2.75) is 6.54 Å². The molecule has 0 unspecified atom stereocenters. The van der Waals surface area contributed by atoms with Crippen molar-refractivity contribution >= 4 is 17.3 Å². The molecule has 0 fully saturated rings. The maximum Gasteiger partial charge on any atom is 0.271 e. The first-order valence-corrected chi connectivity index (χ1v) is 8.57. The van der Waals surface area contributed by atoms with Gasteiger partial charge in [0, 0.05) is 48.5 Å². The lowest BCUT2D eigenvalue weighted by atomic mass is 10.1. The van der Waals surface area contributed by atoms with Gasteiger partial charge >= 0.3 is 0 Å². The summed E-state index contributed by atoms with van der Waals surface area (Å²) in [4.78, 5) is 23.3. The number of hydrogen-bond acceptors (Lipinski definition) is 6. The Bertz CT molecular complexity index is 1110. The van der Waals surface area contributed by atoms with Crippen molar-refractivity contribution in [3.05, 3.63) is 95.2 Å². The van der Waals surface area contributed by atoms with Crippen molar-refractivity contribution in [2.24, 2.45) is 0 Å². The monoisotopic (exact) mass is 372 g/mol. The number of anilines is 2. The smallest absolute Gasteiger partial charge is 0.271 e. The van der Waals surface area contributed by atoms with Crippen molar-refractivity contribution in [2.75, 3.05) is 5.32 Å². The van der Waals surface area contributed by atoms with Gasteiger partial charge in [0.2, 0.25) is 5.95 Å². The highest BCUT2D eigenvalue weighted by Gasteiger charge is 2.08. The van der Waals surface area contributed by atoms with Crippen LogP contribution in [0.4, 0.5) is 17.3 Å². The van der Waals surface area contributed by atoms with Crippen molar-refractivity contribution in [1.29, 1.82) is 0 Å². The summed E-state index contributed by atoms with van der Waals surface area (Å²) in [5.74, 6) is 0.373. The molecule has 2 heterocycles. The van der Waals surface area contributed by atoms with Crippen LogP contribution in [0.2, 0.25) is 0 Å². The lowest BCUT2D eigenvalue weighted by Gasteiger charge is -2.08. The van der Waals surface area contributed by atoms with Gasteiger partial charge in [0.25, 0.3) is 5.69 Å². The van der Waals surface area contributed by atoms with Gasteiger partial charge in [-0.3, -0.25) is 10.1 Å². The first-order valence-electron chi connectivity index (χ1n) is 8.57. The van der Waals surface area contributed by atoms with Crippen molar-refractivity contribution in [3.8, 4) is 11.3 Å². The van der Waals surface area contributed by atoms with Crippen molar-refractivity contribution < 1.29 is 4.92 Å². The van der Waals surface area contributed by atoms with Crippen LogP contribution in [0.25, 0.3) is 11.3 Å². The lowest BCUT2D eigenvalue weighted by molar-refractivity contribution is -0.384. The molecule has 0 amide bonds. The molecule has 0 aliphatic heterocycles. The quantitative estimate of drug-likeness (QED) is 0.405. The van der Waals surface area contributed by atoms with Crippen LogP contribution in [-0.2, 0) is 6.54 Å². The number of nitrogens with one attached hydrogen (secondary N) is 1. The summed E-state index contributed by atoms with van der Waals surface area (Å²) in [6, 6.07) is 16.1. The molecule has 4 aromatic rings. The number of aromatic nitrogens is 4. The number of hydrogen-bond donors (Lipinski definition) is 1. The molecule has 0 atom stereocenters. The zero-order chi connectivity index (χ0) is 19.3. The topological polar surface area (TPSA) is 98.8 Å². The summed E-state index contributed by atoms with van der Waals surface area (Å²) in [5, 5.41) is 14.0. The van der Waals surface area contributed by atoms with Crippen LogP contribution in [0.3, 0.4) is 0 Å². The number of nitro benzene ring substituents is 1. The van der Waals surface area contributed by atoms with Gasteiger partial charge in [0.15, 0.2) is 0 Å². The molecule has 1 N–H and O–H groups in total. The highest BCUT2D eigenvalue weighted by atomic mass is 16.6. The van der Waals surface area contributed by atoms with E-state index in [-0.39, 0.29) is 5.69 Å². The molecule has 138 valence electrons. The maximum absolute atomic E-state index is 10.9. The molecule has 0 spiro atoms. The minimum atomic E-state index is -0.436. The zero-order valence-electron chi connectivity index (χ0n) is 14.8. The van der Waals surface area contributed by atoms with Crippen LogP contribution in [-0.4, -0.2) is 24.4 Å². The molecule has 0 aliphatic rings. The molecule has 0 radical (unpaired) electrons.